The van der Waals surface area contributed by atoms with Crippen molar-refractivity contribution in [3.8, 4) is 17.2 Å². The highest BCUT2D eigenvalue weighted by Crippen LogP contribution is 2.38. The Balaban J connectivity index is 1.25. The van der Waals surface area contributed by atoms with Gasteiger partial charge >= 0.3 is 0 Å². The van der Waals surface area contributed by atoms with Crippen LogP contribution in [0.15, 0.2) is 48.5 Å². The quantitative estimate of drug-likeness (QED) is 0.866. The molecule has 1 unspecified atom stereocenters. The predicted molar refractivity (Wildman–Crippen MR) is 113 cm³/mol. The number of nitriles is 1. The third-order valence-electron chi connectivity index (χ3n) is 7.04. The lowest BCUT2D eigenvalue weighted by molar-refractivity contribution is -0.141. The summed E-state index contributed by atoms with van der Waals surface area (Å²) in [6.45, 7) is 1.68. The van der Waals surface area contributed by atoms with Crippen molar-refractivity contribution in [2.75, 3.05) is 13.1 Å². The minimum absolute atomic E-state index is 0.270. The molecule has 1 N–H and O–H groups in total. The summed E-state index contributed by atoms with van der Waals surface area (Å²) >= 11 is 0. The zero-order valence-electron chi connectivity index (χ0n) is 16.7. The van der Waals surface area contributed by atoms with Gasteiger partial charge in [-0.2, -0.15) is 5.26 Å². The number of nitrogens with one attached hydrogen (secondary N) is 1. The van der Waals surface area contributed by atoms with Gasteiger partial charge < -0.3 is 10.2 Å². The van der Waals surface area contributed by atoms with E-state index in [0.717, 1.165) is 31.5 Å². The lowest BCUT2D eigenvalue weighted by Gasteiger charge is -2.55. The summed E-state index contributed by atoms with van der Waals surface area (Å²) in [5, 5.41) is 12.6. The molecule has 3 saturated heterocycles. The van der Waals surface area contributed by atoms with Crippen LogP contribution in [-0.2, 0) is 4.79 Å². The molecule has 1 amide bonds. The Morgan fingerprint density at radius 2 is 1.48 bits per heavy atom. The SMILES string of the molecule is N#Cc1ccc(-c2ccc(C3[C@@H]4CN(C(=O)C5CCCCC5)C[C@H]3N4)cc2)cc1. The Labute approximate surface area is 172 Å². The van der Waals surface area contributed by atoms with Gasteiger partial charge in [0.15, 0.2) is 0 Å². The molecule has 0 radical (unpaired) electrons. The van der Waals surface area contributed by atoms with Crippen LogP contribution in [-0.4, -0.2) is 36.0 Å². The summed E-state index contributed by atoms with van der Waals surface area (Å²) in [6, 6.07) is 19.5. The van der Waals surface area contributed by atoms with Gasteiger partial charge in [-0.05, 0) is 41.7 Å². The van der Waals surface area contributed by atoms with E-state index in [1.54, 1.807) is 0 Å². The maximum absolute atomic E-state index is 12.9. The Kier molecular flexibility index (Phi) is 4.85. The molecule has 3 heterocycles. The molecular weight excluding hydrogens is 358 g/mol. The molecule has 1 aliphatic carbocycles. The van der Waals surface area contributed by atoms with E-state index in [1.165, 1.54) is 30.4 Å². The number of nitrogens with zero attached hydrogens (tertiary/aromatic N) is 2. The second-order valence-electron chi connectivity index (χ2n) is 8.79. The molecule has 2 aromatic rings. The fourth-order valence-corrected chi connectivity index (χ4v) is 5.41. The number of piperazine rings is 1. The van der Waals surface area contributed by atoms with Crippen molar-refractivity contribution in [1.29, 1.82) is 5.26 Å². The van der Waals surface area contributed by atoms with Crippen molar-refractivity contribution in [2.45, 2.75) is 50.1 Å². The lowest BCUT2D eigenvalue weighted by Crippen LogP contribution is -2.72. The number of piperidine rings is 1. The van der Waals surface area contributed by atoms with E-state index in [1.807, 2.05) is 24.3 Å². The molecule has 6 rings (SSSR count). The minimum atomic E-state index is 0.270. The Bertz CT molecular complexity index is 910. The molecule has 0 aromatic heterocycles. The van der Waals surface area contributed by atoms with Crippen LogP contribution in [0.3, 0.4) is 0 Å². The zero-order chi connectivity index (χ0) is 19.8. The fraction of sp³-hybridized carbons (Fsp3) is 0.440. The predicted octanol–water partition coefficient (Wildman–Crippen LogP) is 4.07. The number of hydrogen-bond acceptors (Lipinski definition) is 3. The summed E-state index contributed by atoms with van der Waals surface area (Å²) < 4.78 is 0. The molecule has 2 bridgehead atoms. The molecule has 4 fully saturated rings. The second-order valence-corrected chi connectivity index (χ2v) is 8.79. The van der Waals surface area contributed by atoms with Crippen LogP contribution in [0.1, 0.15) is 49.1 Å². The molecule has 0 spiro atoms. The number of carbonyl (C=O) groups excluding carboxylic acids is 1. The lowest BCUT2D eigenvalue weighted by atomic mass is 9.73. The second kappa shape index (κ2) is 7.65. The van der Waals surface area contributed by atoms with Gasteiger partial charge in [0.2, 0.25) is 5.91 Å². The third kappa shape index (κ3) is 3.45. The van der Waals surface area contributed by atoms with Crippen molar-refractivity contribution < 1.29 is 4.79 Å². The van der Waals surface area contributed by atoms with Crippen molar-refractivity contribution >= 4 is 5.91 Å². The van der Waals surface area contributed by atoms with Crippen molar-refractivity contribution in [3.63, 3.8) is 0 Å². The van der Waals surface area contributed by atoms with Crippen LogP contribution in [0.2, 0.25) is 0 Å². The maximum Gasteiger partial charge on any atom is 0.225 e. The van der Waals surface area contributed by atoms with E-state index in [-0.39, 0.29) is 5.92 Å². The number of benzene rings is 2. The molecular formula is C25H27N3O. The molecule has 29 heavy (non-hydrogen) atoms. The van der Waals surface area contributed by atoms with Gasteiger partial charge in [0.1, 0.15) is 0 Å². The number of carbonyl (C=O) groups is 1. The van der Waals surface area contributed by atoms with Gasteiger partial charge in [0.05, 0.1) is 11.6 Å². The van der Waals surface area contributed by atoms with E-state index >= 15 is 0 Å². The largest absolute Gasteiger partial charge is 0.339 e. The topological polar surface area (TPSA) is 56.1 Å². The molecule has 4 aliphatic rings. The average Bonchev–Trinajstić information content (AvgIpc) is 2.80. The molecule has 4 heteroatoms. The summed E-state index contributed by atoms with van der Waals surface area (Å²) in [5.41, 5.74) is 4.35. The van der Waals surface area contributed by atoms with Gasteiger partial charge in [-0.25, -0.2) is 0 Å². The van der Waals surface area contributed by atoms with Crippen LogP contribution in [0.25, 0.3) is 11.1 Å². The number of hydrogen-bond donors (Lipinski definition) is 1. The first kappa shape index (κ1) is 18.4. The zero-order valence-corrected chi connectivity index (χ0v) is 16.7. The van der Waals surface area contributed by atoms with E-state index < -0.39 is 0 Å². The Hall–Kier alpha value is -2.64. The van der Waals surface area contributed by atoms with E-state index in [9.17, 15) is 4.79 Å². The number of fused-ring (bicyclic) bond motifs is 2. The highest BCUT2D eigenvalue weighted by Gasteiger charge is 2.48. The van der Waals surface area contributed by atoms with Crippen LogP contribution in [0.5, 0.6) is 0 Å². The highest BCUT2D eigenvalue weighted by molar-refractivity contribution is 5.79. The van der Waals surface area contributed by atoms with E-state index in [2.05, 4.69) is 40.6 Å². The third-order valence-corrected chi connectivity index (χ3v) is 7.04. The van der Waals surface area contributed by atoms with Crippen LogP contribution in [0, 0.1) is 17.2 Å². The standard InChI is InChI=1S/C25H27N3O/c26-14-17-6-8-18(9-7-17)19-10-12-20(13-11-19)24-22-15-28(16-23(24)27-22)25(29)21-4-2-1-3-5-21/h6-13,21-24,27H,1-5,15-16H2/t22-,23+,24?. The van der Waals surface area contributed by atoms with E-state index in [4.69, 9.17) is 5.26 Å². The summed E-state index contributed by atoms with van der Waals surface area (Å²) in [5.74, 6) is 1.17. The van der Waals surface area contributed by atoms with Crippen LogP contribution >= 0.6 is 0 Å². The smallest absolute Gasteiger partial charge is 0.225 e. The number of amides is 1. The van der Waals surface area contributed by atoms with Crippen molar-refractivity contribution in [2.24, 2.45) is 5.92 Å². The van der Waals surface area contributed by atoms with Gasteiger partial charge in [0.25, 0.3) is 0 Å². The highest BCUT2D eigenvalue weighted by atomic mass is 16.2. The monoisotopic (exact) mass is 385 g/mol. The Morgan fingerprint density at radius 1 is 0.897 bits per heavy atom. The molecule has 3 atom stereocenters. The molecule has 1 saturated carbocycles. The number of rotatable bonds is 3. The molecule has 2 aromatic carbocycles. The maximum atomic E-state index is 12.9. The first-order chi connectivity index (χ1) is 14.2. The van der Waals surface area contributed by atoms with E-state index in [0.29, 0.717) is 29.5 Å². The average molecular weight is 386 g/mol. The summed E-state index contributed by atoms with van der Waals surface area (Å²) in [4.78, 5) is 15.0. The minimum Gasteiger partial charge on any atom is -0.339 e. The van der Waals surface area contributed by atoms with Gasteiger partial charge in [-0.3, -0.25) is 4.79 Å². The Morgan fingerprint density at radius 3 is 2.07 bits per heavy atom. The first-order valence-electron chi connectivity index (χ1n) is 10.9. The van der Waals surface area contributed by atoms with Crippen molar-refractivity contribution in [3.05, 3.63) is 59.7 Å². The van der Waals surface area contributed by atoms with Gasteiger partial charge in [0, 0.05) is 37.0 Å². The normalized spacial score (nSPS) is 26.4. The van der Waals surface area contributed by atoms with Crippen LogP contribution in [0.4, 0.5) is 0 Å². The van der Waals surface area contributed by atoms with Gasteiger partial charge in [-0.1, -0.05) is 55.7 Å². The fourth-order valence-electron chi connectivity index (χ4n) is 5.41. The van der Waals surface area contributed by atoms with Crippen LogP contribution < -0.4 is 5.32 Å². The molecule has 148 valence electrons. The summed E-state index contributed by atoms with van der Waals surface area (Å²) in [7, 11) is 0. The first-order valence-corrected chi connectivity index (χ1v) is 10.9. The van der Waals surface area contributed by atoms with Crippen molar-refractivity contribution in [1.82, 2.24) is 10.2 Å². The van der Waals surface area contributed by atoms with Gasteiger partial charge in [-0.15, -0.1) is 0 Å². The molecule has 3 aliphatic heterocycles. The molecule has 4 nitrogen and oxygen atoms in total. The summed E-state index contributed by atoms with van der Waals surface area (Å²) in [6.07, 6.45) is 5.88.